The molecule has 0 aliphatic carbocycles. The monoisotopic (exact) mass is 462 g/mol. The van der Waals surface area contributed by atoms with Crippen LogP contribution in [0.5, 0.6) is 0 Å². The molecule has 0 aromatic heterocycles. The van der Waals surface area contributed by atoms with Crippen molar-refractivity contribution in [2.24, 2.45) is 0 Å². The zero-order valence-corrected chi connectivity index (χ0v) is 19.4. The minimum Gasteiger partial charge on any atom is -0.347 e. The van der Waals surface area contributed by atoms with Gasteiger partial charge in [0.05, 0.1) is 13.0 Å². The summed E-state index contributed by atoms with van der Waals surface area (Å²) in [7, 11) is 1.76. The fourth-order valence-electron chi connectivity index (χ4n) is 4.44. The largest absolute Gasteiger partial charge is 0.347 e. The van der Waals surface area contributed by atoms with Gasteiger partial charge in [0.2, 0.25) is 11.8 Å². The standard InChI is InChI=1S/C27H31FN4O2/c1-32(14-6-12-23-17-25(31-30-23)21-10-5-11-22(28)15-21)27(34)18-29-26(33)16-20-9-4-8-19-7-2-3-13-24(19)20/h2-5,7-11,13,15,23,25,30-31H,6,12,14,16-18H2,1H3,(H,29,33). The Morgan fingerprint density at radius 2 is 1.85 bits per heavy atom. The Morgan fingerprint density at radius 3 is 2.71 bits per heavy atom. The van der Waals surface area contributed by atoms with Crippen molar-refractivity contribution in [3.63, 3.8) is 0 Å². The summed E-state index contributed by atoms with van der Waals surface area (Å²) in [5, 5.41) is 4.90. The molecule has 3 aromatic carbocycles. The molecule has 6 nitrogen and oxygen atoms in total. The van der Waals surface area contributed by atoms with Gasteiger partial charge in [-0.2, -0.15) is 0 Å². The number of hydrazine groups is 1. The SMILES string of the molecule is CN(CCCC1CC(c2cccc(F)c2)NN1)C(=O)CNC(=O)Cc1cccc2ccccc12. The molecular formula is C27H31FN4O2. The van der Waals surface area contributed by atoms with Gasteiger partial charge < -0.3 is 10.2 Å². The van der Waals surface area contributed by atoms with Gasteiger partial charge in [0.1, 0.15) is 5.82 Å². The average molecular weight is 463 g/mol. The topological polar surface area (TPSA) is 73.5 Å². The van der Waals surface area contributed by atoms with Crippen molar-refractivity contribution >= 4 is 22.6 Å². The number of carbonyl (C=O) groups is 2. The Morgan fingerprint density at radius 1 is 1.06 bits per heavy atom. The Hall–Kier alpha value is -3.29. The highest BCUT2D eigenvalue weighted by Gasteiger charge is 2.25. The molecule has 1 fully saturated rings. The second-order valence-electron chi connectivity index (χ2n) is 8.88. The van der Waals surface area contributed by atoms with Gasteiger partial charge >= 0.3 is 0 Å². The summed E-state index contributed by atoms with van der Waals surface area (Å²) in [6, 6.07) is 20.9. The Kier molecular flexibility index (Phi) is 7.87. The molecule has 1 aliphatic heterocycles. The lowest BCUT2D eigenvalue weighted by molar-refractivity contribution is -0.131. The van der Waals surface area contributed by atoms with Crippen molar-refractivity contribution in [3.05, 3.63) is 83.7 Å². The van der Waals surface area contributed by atoms with Gasteiger partial charge in [-0.1, -0.05) is 54.6 Å². The van der Waals surface area contributed by atoms with E-state index in [2.05, 4.69) is 16.2 Å². The number of nitrogens with one attached hydrogen (secondary N) is 3. The fourth-order valence-corrected chi connectivity index (χ4v) is 4.44. The molecule has 2 atom stereocenters. The second kappa shape index (κ2) is 11.2. The molecule has 0 saturated carbocycles. The van der Waals surface area contributed by atoms with Crippen LogP contribution in [0.4, 0.5) is 4.39 Å². The van der Waals surface area contributed by atoms with Crippen LogP contribution in [0.15, 0.2) is 66.7 Å². The van der Waals surface area contributed by atoms with Crippen LogP contribution in [-0.2, 0) is 16.0 Å². The molecule has 2 unspecified atom stereocenters. The van der Waals surface area contributed by atoms with Gasteiger partial charge in [0.25, 0.3) is 0 Å². The number of hydrogen-bond donors (Lipinski definition) is 3. The maximum atomic E-state index is 13.5. The van der Waals surface area contributed by atoms with E-state index in [1.54, 1.807) is 24.1 Å². The van der Waals surface area contributed by atoms with Crippen LogP contribution in [0.3, 0.4) is 0 Å². The third-order valence-corrected chi connectivity index (χ3v) is 6.37. The molecule has 3 aromatic rings. The van der Waals surface area contributed by atoms with Gasteiger partial charge in [-0.05, 0) is 53.3 Å². The summed E-state index contributed by atoms with van der Waals surface area (Å²) < 4.78 is 13.5. The predicted octanol–water partition coefficient (Wildman–Crippen LogP) is 3.48. The van der Waals surface area contributed by atoms with E-state index in [9.17, 15) is 14.0 Å². The molecule has 4 rings (SSSR count). The highest BCUT2D eigenvalue weighted by molar-refractivity contribution is 5.91. The number of nitrogens with zero attached hydrogens (tertiary/aromatic N) is 1. The van der Waals surface area contributed by atoms with Crippen molar-refractivity contribution in [2.75, 3.05) is 20.1 Å². The lowest BCUT2D eigenvalue weighted by atomic mass is 9.99. The smallest absolute Gasteiger partial charge is 0.241 e. The van der Waals surface area contributed by atoms with Crippen LogP contribution < -0.4 is 16.2 Å². The molecule has 2 amide bonds. The quantitative estimate of drug-likeness (QED) is 0.455. The molecule has 0 radical (unpaired) electrons. The van der Waals surface area contributed by atoms with Crippen LogP contribution in [0, 0.1) is 5.82 Å². The first-order valence-electron chi connectivity index (χ1n) is 11.7. The lowest BCUT2D eigenvalue weighted by Gasteiger charge is -2.18. The van der Waals surface area contributed by atoms with E-state index in [0.29, 0.717) is 6.54 Å². The molecule has 1 saturated heterocycles. The third-order valence-electron chi connectivity index (χ3n) is 6.37. The summed E-state index contributed by atoms with van der Waals surface area (Å²) in [6.45, 7) is 0.603. The van der Waals surface area contributed by atoms with Gasteiger partial charge in [0.15, 0.2) is 0 Å². The number of hydrogen-bond acceptors (Lipinski definition) is 4. The van der Waals surface area contributed by atoms with E-state index < -0.39 is 0 Å². The van der Waals surface area contributed by atoms with E-state index >= 15 is 0 Å². The van der Waals surface area contributed by atoms with Crippen molar-refractivity contribution in [1.29, 1.82) is 0 Å². The lowest BCUT2D eigenvalue weighted by Crippen LogP contribution is -2.39. The first-order valence-corrected chi connectivity index (χ1v) is 11.7. The number of likely N-dealkylation sites (N-methyl/N-ethyl adjacent to an activating group) is 1. The average Bonchev–Trinajstić information content (AvgIpc) is 3.32. The molecule has 178 valence electrons. The zero-order valence-electron chi connectivity index (χ0n) is 19.4. The summed E-state index contributed by atoms with van der Waals surface area (Å²) in [5.74, 6) is -0.503. The molecule has 34 heavy (non-hydrogen) atoms. The maximum absolute atomic E-state index is 13.5. The van der Waals surface area contributed by atoms with Crippen molar-refractivity contribution < 1.29 is 14.0 Å². The predicted molar refractivity (Wildman–Crippen MR) is 131 cm³/mol. The van der Waals surface area contributed by atoms with Crippen molar-refractivity contribution in [1.82, 2.24) is 21.1 Å². The fraction of sp³-hybridized carbons (Fsp3) is 0.333. The number of benzene rings is 3. The van der Waals surface area contributed by atoms with E-state index in [-0.39, 0.29) is 42.7 Å². The zero-order chi connectivity index (χ0) is 23.9. The Balaban J connectivity index is 1.16. The highest BCUT2D eigenvalue weighted by atomic mass is 19.1. The van der Waals surface area contributed by atoms with Gasteiger partial charge in [-0.25, -0.2) is 4.39 Å². The van der Waals surface area contributed by atoms with Crippen LogP contribution in [0.1, 0.15) is 36.4 Å². The third kappa shape index (κ3) is 6.18. The van der Waals surface area contributed by atoms with Crippen LogP contribution in [-0.4, -0.2) is 42.9 Å². The van der Waals surface area contributed by atoms with E-state index in [0.717, 1.165) is 41.2 Å². The molecular weight excluding hydrogens is 431 g/mol. The minimum atomic E-state index is -0.230. The molecule has 0 bridgehead atoms. The van der Waals surface area contributed by atoms with Crippen molar-refractivity contribution in [3.8, 4) is 0 Å². The first kappa shape index (κ1) is 23.9. The first-order chi connectivity index (χ1) is 16.5. The summed E-state index contributed by atoms with van der Waals surface area (Å²) in [6.07, 6.45) is 2.84. The number of halogens is 1. The summed E-state index contributed by atoms with van der Waals surface area (Å²) >= 11 is 0. The maximum Gasteiger partial charge on any atom is 0.241 e. The molecule has 1 heterocycles. The summed E-state index contributed by atoms with van der Waals surface area (Å²) in [4.78, 5) is 26.5. The minimum absolute atomic E-state index is 0.00895. The van der Waals surface area contributed by atoms with Crippen LogP contribution >= 0.6 is 0 Å². The van der Waals surface area contributed by atoms with E-state index in [1.165, 1.54) is 6.07 Å². The van der Waals surface area contributed by atoms with E-state index in [1.807, 2.05) is 48.5 Å². The molecule has 1 aliphatic rings. The molecule has 3 N–H and O–H groups in total. The molecule has 7 heteroatoms. The Labute approximate surface area is 199 Å². The highest BCUT2D eigenvalue weighted by Crippen LogP contribution is 2.24. The Bertz CT molecular complexity index is 1150. The van der Waals surface area contributed by atoms with E-state index in [4.69, 9.17) is 0 Å². The van der Waals surface area contributed by atoms with Gasteiger partial charge in [-0.3, -0.25) is 20.4 Å². The molecule has 0 spiro atoms. The summed E-state index contributed by atoms with van der Waals surface area (Å²) in [5.41, 5.74) is 8.38. The second-order valence-corrected chi connectivity index (χ2v) is 8.88. The number of carbonyl (C=O) groups excluding carboxylic acids is 2. The van der Waals surface area contributed by atoms with Gasteiger partial charge in [0, 0.05) is 25.7 Å². The number of rotatable bonds is 9. The normalized spacial score (nSPS) is 17.6. The van der Waals surface area contributed by atoms with Crippen LogP contribution in [0.25, 0.3) is 10.8 Å². The number of fused-ring (bicyclic) bond motifs is 1. The number of amides is 2. The van der Waals surface area contributed by atoms with Crippen molar-refractivity contribution in [2.45, 2.75) is 37.8 Å². The van der Waals surface area contributed by atoms with Gasteiger partial charge in [-0.15, -0.1) is 0 Å². The van der Waals surface area contributed by atoms with Crippen LogP contribution in [0.2, 0.25) is 0 Å².